The van der Waals surface area contributed by atoms with Gasteiger partial charge in [0.1, 0.15) is 18.8 Å². The lowest BCUT2D eigenvalue weighted by atomic mass is 9.98. The van der Waals surface area contributed by atoms with Gasteiger partial charge in [0.25, 0.3) is 0 Å². The molecule has 12 heteroatoms. The predicted molar refractivity (Wildman–Crippen MR) is 285 cm³/mol. The Morgan fingerprint density at radius 3 is 1.35 bits per heavy atom. The summed E-state index contributed by atoms with van der Waals surface area (Å²) in [6, 6.07) is 0. The Hall–Kier alpha value is -3.32. The Morgan fingerprint density at radius 1 is 0.465 bits per heavy atom. The first kappa shape index (κ1) is 65.7. The van der Waals surface area contributed by atoms with E-state index in [1.54, 1.807) is 0 Å². The van der Waals surface area contributed by atoms with Crippen molar-refractivity contribution < 1.29 is 58.2 Å². The summed E-state index contributed by atoms with van der Waals surface area (Å²) in [7, 11) is 0. The fourth-order valence-electron chi connectivity index (χ4n) is 8.39. The van der Waals surface area contributed by atoms with Crippen LogP contribution in [0.5, 0.6) is 0 Å². The molecule has 0 bridgehead atoms. The van der Waals surface area contributed by atoms with Gasteiger partial charge in [-0.3, -0.25) is 14.4 Å². The number of carboxylic acids is 1. The number of rotatable bonds is 48. The molecular formula is C59H102O12. The van der Waals surface area contributed by atoms with Crippen molar-refractivity contribution >= 4 is 23.9 Å². The molecule has 1 aliphatic heterocycles. The van der Waals surface area contributed by atoms with Crippen LogP contribution in [0.4, 0.5) is 0 Å². The Kier molecular flexibility index (Phi) is 44.1. The number of aliphatic hydroxyl groups excluding tert-OH is 2. The Balaban J connectivity index is 2.72. The number of carbonyl (C=O) groups is 4. The highest BCUT2D eigenvalue weighted by Crippen LogP contribution is 2.26. The number of aliphatic carboxylic acids is 1. The third-order valence-corrected chi connectivity index (χ3v) is 12.8. The van der Waals surface area contributed by atoms with Crippen molar-refractivity contribution in [3.8, 4) is 0 Å². The van der Waals surface area contributed by atoms with E-state index in [0.29, 0.717) is 19.3 Å². The number of hydrogen-bond acceptors (Lipinski definition) is 11. The molecule has 0 aromatic rings. The van der Waals surface area contributed by atoms with E-state index in [1.807, 2.05) is 0 Å². The monoisotopic (exact) mass is 1000 g/mol. The minimum absolute atomic E-state index is 0.0486. The van der Waals surface area contributed by atoms with Crippen LogP contribution in [-0.4, -0.2) is 89.2 Å². The van der Waals surface area contributed by atoms with Gasteiger partial charge in [0, 0.05) is 19.3 Å². The van der Waals surface area contributed by atoms with Crippen LogP contribution < -0.4 is 0 Å². The van der Waals surface area contributed by atoms with Crippen LogP contribution in [-0.2, 0) is 42.9 Å². The minimum atomic E-state index is -1.91. The normalized spacial score (nSPS) is 18.8. The van der Waals surface area contributed by atoms with Crippen molar-refractivity contribution in [3.63, 3.8) is 0 Å². The molecular weight excluding hydrogens is 901 g/mol. The molecule has 71 heavy (non-hydrogen) atoms. The number of aliphatic hydroxyl groups is 2. The maximum Gasteiger partial charge on any atom is 0.335 e. The van der Waals surface area contributed by atoms with Gasteiger partial charge in [-0.15, -0.1) is 0 Å². The zero-order valence-corrected chi connectivity index (χ0v) is 45.0. The molecule has 0 aliphatic carbocycles. The summed E-state index contributed by atoms with van der Waals surface area (Å²) in [6.45, 7) is 5.88. The van der Waals surface area contributed by atoms with E-state index in [1.165, 1.54) is 64.2 Å². The van der Waals surface area contributed by atoms with Gasteiger partial charge in [-0.1, -0.05) is 185 Å². The third-order valence-electron chi connectivity index (χ3n) is 12.8. The number of hydrogen-bond donors (Lipinski definition) is 3. The Morgan fingerprint density at radius 2 is 0.873 bits per heavy atom. The van der Waals surface area contributed by atoms with Gasteiger partial charge >= 0.3 is 23.9 Å². The maximum absolute atomic E-state index is 13.1. The molecule has 0 spiro atoms. The summed E-state index contributed by atoms with van der Waals surface area (Å²) < 4.78 is 28.4. The largest absolute Gasteiger partial charge is 0.479 e. The first-order valence-corrected chi connectivity index (χ1v) is 28.6. The van der Waals surface area contributed by atoms with Crippen LogP contribution in [0.2, 0.25) is 0 Å². The number of esters is 3. The number of ether oxygens (including phenoxy) is 5. The van der Waals surface area contributed by atoms with Gasteiger partial charge in [-0.05, 0) is 96.3 Å². The molecule has 6 unspecified atom stereocenters. The van der Waals surface area contributed by atoms with Gasteiger partial charge in [-0.2, -0.15) is 0 Å². The molecule has 1 aliphatic rings. The van der Waals surface area contributed by atoms with Crippen LogP contribution in [0.25, 0.3) is 0 Å². The molecule has 410 valence electrons. The fourth-order valence-corrected chi connectivity index (χ4v) is 8.39. The smallest absolute Gasteiger partial charge is 0.335 e. The molecule has 3 N–H and O–H groups in total. The topological polar surface area (TPSA) is 175 Å². The van der Waals surface area contributed by atoms with E-state index in [0.717, 1.165) is 128 Å². The molecule has 1 heterocycles. The second-order valence-electron chi connectivity index (χ2n) is 19.6. The lowest BCUT2D eigenvalue weighted by Gasteiger charge is -2.40. The number of carboxylic acid groups (broad SMARTS) is 1. The van der Waals surface area contributed by atoms with Crippen molar-refractivity contribution in [1.82, 2.24) is 0 Å². The lowest BCUT2D eigenvalue weighted by molar-refractivity contribution is -0.301. The second-order valence-corrected chi connectivity index (χ2v) is 19.6. The lowest BCUT2D eigenvalue weighted by Crippen LogP contribution is -2.61. The van der Waals surface area contributed by atoms with Crippen molar-refractivity contribution in [3.05, 3.63) is 48.6 Å². The van der Waals surface area contributed by atoms with Gasteiger partial charge in [0.2, 0.25) is 0 Å². The molecule has 0 amide bonds. The maximum atomic E-state index is 13.1. The molecule has 0 aromatic carbocycles. The zero-order chi connectivity index (χ0) is 51.8. The molecule has 0 aromatic heterocycles. The first-order chi connectivity index (χ1) is 34.6. The van der Waals surface area contributed by atoms with Crippen LogP contribution in [0.15, 0.2) is 48.6 Å². The second kappa shape index (κ2) is 47.7. The van der Waals surface area contributed by atoms with Crippen molar-refractivity contribution in [2.24, 2.45) is 0 Å². The summed E-state index contributed by atoms with van der Waals surface area (Å²) >= 11 is 0. The predicted octanol–water partition coefficient (Wildman–Crippen LogP) is 14.2. The third kappa shape index (κ3) is 38.0. The van der Waals surface area contributed by atoms with Gasteiger partial charge in [-0.25, -0.2) is 4.79 Å². The minimum Gasteiger partial charge on any atom is -0.479 e. The summed E-state index contributed by atoms with van der Waals surface area (Å²) in [6.07, 6.45) is 43.7. The number of allylic oxidation sites excluding steroid dienone is 8. The molecule has 12 nitrogen and oxygen atoms in total. The Labute approximate surface area is 431 Å². The molecule has 1 saturated heterocycles. The van der Waals surface area contributed by atoms with E-state index in [2.05, 4.69) is 69.4 Å². The summed E-state index contributed by atoms with van der Waals surface area (Å²) in [4.78, 5) is 51.0. The van der Waals surface area contributed by atoms with E-state index in [4.69, 9.17) is 23.7 Å². The van der Waals surface area contributed by atoms with Crippen molar-refractivity contribution in [2.45, 2.75) is 289 Å². The quantitative estimate of drug-likeness (QED) is 0.0228. The molecule has 1 rings (SSSR count). The molecule has 1 fully saturated rings. The highest BCUT2D eigenvalue weighted by atomic mass is 16.7. The summed E-state index contributed by atoms with van der Waals surface area (Å²) in [5.74, 6) is -3.15. The van der Waals surface area contributed by atoms with E-state index in [9.17, 15) is 34.5 Å². The summed E-state index contributed by atoms with van der Waals surface area (Å²) in [5, 5.41) is 31.4. The van der Waals surface area contributed by atoms with E-state index < -0.39 is 67.3 Å². The van der Waals surface area contributed by atoms with Crippen molar-refractivity contribution in [1.29, 1.82) is 0 Å². The average Bonchev–Trinajstić information content (AvgIpc) is 3.35. The first-order valence-electron chi connectivity index (χ1n) is 28.6. The Bertz CT molecular complexity index is 1420. The fraction of sp³-hybridized carbons (Fsp3) is 0.797. The van der Waals surface area contributed by atoms with Crippen molar-refractivity contribution in [2.75, 3.05) is 13.2 Å². The van der Waals surface area contributed by atoms with Crippen LogP contribution in [0, 0.1) is 0 Å². The van der Waals surface area contributed by atoms with E-state index in [-0.39, 0.29) is 25.9 Å². The van der Waals surface area contributed by atoms with Crippen LogP contribution in [0.1, 0.15) is 252 Å². The van der Waals surface area contributed by atoms with Gasteiger partial charge < -0.3 is 39.0 Å². The average molecular weight is 1000 g/mol. The highest BCUT2D eigenvalue weighted by molar-refractivity contribution is 5.74. The molecule has 6 atom stereocenters. The standard InChI is InChI=1S/C59H102O12/c1-4-7-10-13-16-19-22-25-26-29-30-33-36-39-42-45-51(60)67-48-50(69-52(61)46-43-40-37-34-31-27-23-20-17-14-11-8-5-2)49-68-59-57(55(64)54(63)56(71-59)58(65)66)70-53(62)47-44-41-38-35-32-28-24-21-18-15-12-9-6-3/h11,14,20-21,23-26,50,54-57,59,63-64H,4-10,12-13,15-19,22,27-49H2,1-3H3,(H,65,66)/b14-11-,23-20-,24-21-,26-25-. The SMILES string of the molecule is CCC/C=C\C/C=C\CCCCCCCC(=O)OC(COC(=O)CCCCCCC/C=C\CCCCCCCC)COC1OC(C(=O)O)C(O)C(O)C1OC(=O)CCCCCCC/C=C\CCCCCC. The molecule has 0 radical (unpaired) electrons. The highest BCUT2D eigenvalue weighted by Gasteiger charge is 2.50. The van der Waals surface area contributed by atoms with Crippen LogP contribution in [0.3, 0.4) is 0 Å². The summed E-state index contributed by atoms with van der Waals surface area (Å²) in [5.41, 5.74) is 0. The van der Waals surface area contributed by atoms with E-state index >= 15 is 0 Å². The van der Waals surface area contributed by atoms with Crippen LogP contribution >= 0.6 is 0 Å². The zero-order valence-electron chi connectivity index (χ0n) is 45.0. The number of unbranched alkanes of at least 4 members (excludes halogenated alkanes) is 26. The van der Waals surface area contributed by atoms with Gasteiger partial charge in [0.05, 0.1) is 6.61 Å². The van der Waals surface area contributed by atoms with Gasteiger partial charge in [0.15, 0.2) is 24.6 Å². The number of carbonyl (C=O) groups excluding carboxylic acids is 3. The molecule has 0 saturated carbocycles.